The number of amides is 1. The van der Waals surface area contributed by atoms with E-state index in [1.807, 2.05) is 6.07 Å². The SMILES string of the molecule is CN(Cc1ccco1)C(=O)c1cccc(N)c1Br. The summed E-state index contributed by atoms with van der Waals surface area (Å²) >= 11 is 3.33. The number of hydrogen-bond donors (Lipinski definition) is 1. The Labute approximate surface area is 114 Å². The van der Waals surface area contributed by atoms with E-state index in [0.29, 0.717) is 22.3 Å². The molecule has 94 valence electrons. The van der Waals surface area contributed by atoms with Crippen molar-refractivity contribution in [3.8, 4) is 0 Å². The second-order valence-corrected chi connectivity index (χ2v) is 4.74. The Morgan fingerprint density at radius 2 is 2.17 bits per heavy atom. The molecule has 0 saturated carbocycles. The smallest absolute Gasteiger partial charge is 0.255 e. The Morgan fingerprint density at radius 3 is 2.83 bits per heavy atom. The molecule has 1 heterocycles. The maximum absolute atomic E-state index is 12.2. The Bertz CT molecular complexity index is 552. The van der Waals surface area contributed by atoms with Crippen LogP contribution in [0.3, 0.4) is 0 Å². The maximum atomic E-state index is 12.2. The lowest BCUT2D eigenvalue weighted by molar-refractivity contribution is 0.0774. The van der Waals surface area contributed by atoms with Crippen LogP contribution < -0.4 is 5.73 Å². The van der Waals surface area contributed by atoms with Crippen molar-refractivity contribution in [2.75, 3.05) is 12.8 Å². The summed E-state index contributed by atoms with van der Waals surface area (Å²) in [6, 6.07) is 8.87. The Morgan fingerprint density at radius 1 is 1.39 bits per heavy atom. The van der Waals surface area contributed by atoms with Gasteiger partial charge in [0.25, 0.3) is 5.91 Å². The first-order valence-electron chi connectivity index (χ1n) is 5.41. The minimum atomic E-state index is -0.106. The topological polar surface area (TPSA) is 59.5 Å². The van der Waals surface area contributed by atoms with Gasteiger partial charge in [0.2, 0.25) is 0 Å². The quantitative estimate of drug-likeness (QED) is 0.887. The van der Waals surface area contributed by atoms with Gasteiger partial charge in [0.1, 0.15) is 5.76 Å². The molecule has 0 spiro atoms. The van der Waals surface area contributed by atoms with E-state index in [1.54, 1.807) is 42.5 Å². The number of nitrogens with two attached hydrogens (primary N) is 1. The summed E-state index contributed by atoms with van der Waals surface area (Å²) in [4.78, 5) is 13.8. The minimum Gasteiger partial charge on any atom is -0.467 e. The zero-order valence-electron chi connectivity index (χ0n) is 9.89. The van der Waals surface area contributed by atoms with Crippen LogP contribution in [0.4, 0.5) is 5.69 Å². The Balaban J connectivity index is 2.18. The number of furan rings is 1. The number of nitrogen functional groups attached to an aromatic ring is 1. The second kappa shape index (κ2) is 5.27. The summed E-state index contributed by atoms with van der Waals surface area (Å²) in [6.45, 7) is 0.424. The first-order valence-corrected chi connectivity index (χ1v) is 6.20. The summed E-state index contributed by atoms with van der Waals surface area (Å²) in [5, 5.41) is 0. The lowest BCUT2D eigenvalue weighted by Crippen LogP contribution is -2.26. The van der Waals surface area contributed by atoms with Gasteiger partial charge in [-0.25, -0.2) is 0 Å². The van der Waals surface area contributed by atoms with Crippen LogP contribution in [-0.2, 0) is 6.54 Å². The van der Waals surface area contributed by atoms with Gasteiger partial charge in [-0.15, -0.1) is 0 Å². The van der Waals surface area contributed by atoms with Crippen LogP contribution in [0.1, 0.15) is 16.1 Å². The lowest BCUT2D eigenvalue weighted by atomic mass is 10.2. The summed E-state index contributed by atoms with van der Waals surface area (Å²) in [5.41, 5.74) is 6.85. The van der Waals surface area contributed by atoms with Crippen LogP contribution in [0.5, 0.6) is 0 Å². The van der Waals surface area contributed by atoms with Crippen LogP contribution in [0, 0.1) is 0 Å². The zero-order chi connectivity index (χ0) is 13.1. The van der Waals surface area contributed by atoms with Gasteiger partial charge in [-0.3, -0.25) is 4.79 Å². The van der Waals surface area contributed by atoms with Gasteiger partial charge in [-0.1, -0.05) is 6.07 Å². The molecular weight excluding hydrogens is 296 g/mol. The molecule has 2 N–H and O–H groups in total. The number of carbonyl (C=O) groups is 1. The molecule has 0 saturated heterocycles. The van der Waals surface area contributed by atoms with Gasteiger partial charge in [0.15, 0.2) is 0 Å². The highest BCUT2D eigenvalue weighted by molar-refractivity contribution is 9.10. The van der Waals surface area contributed by atoms with E-state index < -0.39 is 0 Å². The third kappa shape index (κ3) is 2.56. The fourth-order valence-electron chi connectivity index (χ4n) is 1.63. The number of hydrogen-bond acceptors (Lipinski definition) is 3. The Kier molecular flexibility index (Phi) is 3.72. The largest absolute Gasteiger partial charge is 0.467 e. The molecule has 2 rings (SSSR count). The van der Waals surface area contributed by atoms with Crippen molar-refractivity contribution in [3.05, 3.63) is 52.4 Å². The fourth-order valence-corrected chi connectivity index (χ4v) is 2.06. The van der Waals surface area contributed by atoms with Gasteiger partial charge in [0.05, 0.1) is 22.8 Å². The van der Waals surface area contributed by atoms with Gasteiger partial charge < -0.3 is 15.1 Å². The van der Waals surface area contributed by atoms with E-state index >= 15 is 0 Å². The average Bonchev–Trinajstić information content (AvgIpc) is 2.84. The Hall–Kier alpha value is -1.75. The van der Waals surface area contributed by atoms with Gasteiger partial charge in [0, 0.05) is 12.7 Å². The van der Waals surface area contributed by atoms with Gasteiger partial charge in [-0.2, -0.15) is 0 Å². The maximum Gasteiger partial charge on any atom is 0.255 e. The standard InChI is InChI=1S/C13H13BrN2O2/c1-16(8-9-4-3-7-18-9)13(17)10-5-2-6-11(15)12(10)14/h2-7H,8,15H2,1H3. The van der Waals surface area contributed by atoms with Crippen molar-refractivity contribution in [3.63, 3.8) is 0 Å². The van der Waals surface area contributed by atoms with Crippen LogP contribution in [0.15, 0.2) is 45.5 Å². The predicted octanol–water partition coefficient (Wildman–Crippen LogP) is 2.90. The zero-order valence-corrected chi connectivity index (χ0v) is 11.5. The van der Waals surface area contributed by atoms with E-state index in [-0.39, 0.29) is 5.91 Å². The van der Waals surface area contributed by atoms with Gasteiger partial charge in [-0.05, 0) is 40.2 Å². The molecule has 1 amide bonds. The molecule has 0 bridgehead atoms. The summed E-state index contributed by atoms with van der Waals surface area (Å²) in [7, 11) is 1.72. The predicted molar refractivity (Wildman–Crippen MR) is 73.1 cm³/mol. The molecule has 4 nitrogen and oxygen atoms in total. The fraction of sp³-hybridized carbons (Fsp3) is 0.154. The molecule has 1 aromatic heterocycles. The van der Waals surface area contributed by atoms with Crippen LogP contribution in [0.2, 0.25) is 0 Å². The summed E-state index contributed by atoms with van der Waals surface area (Å²) in [6.07, 6.45) is 1.59. The highest BCUT2D eigenvalue weighted by atomic mass is 79.9. The average molecular weight is 309 g/mol. The highest BCUT2D eigenvalue weighted by Gasteiger charge is 2.16. The number of benzene rings is 1. The van der Waals surface area contributed by atoms with Crippen molar-refractivity contribution in [1.82, 2.24) is 4.90 Å². The second-order valence-electron chi connectivity index (χ2n) is 3.95. The molecule has 18 heavy (non-hydrogen) atoms. The summed E-state index contributed by atoms with van der Waals surface area (Å²) in [5.74, 6) is 0.636. The first kappa shape index (κ1) is 12.7. The molecule has 0 aliphatic heterocycles. The number of nitrogens with zero attached hydrogens (tertiary/aromatic N) is 1. The first-order chi connectivity index (χ1) is 8.59. The lowest BCUT2D eigenvalue weighted by Gasteiger charge is -2.17. The van der Waals surface area contributed by atoms with E-state index in [9.17, 15) is 4.79 Å². The molecule has 0 fully saturated rings. The van der Waals surface area contributed by atoms with E-state index in [2.05, 4.69) is 15.9 Å². The van der Waals surface area contributed by atoms with Crippen LogP contribution in [-0.4, -0.2) is 17.9 Å². The van der Waals surface area contributed by atoms with Crippen LogP contribution >= 0.6 is 15.9 Å². The molecule has 1 aromatic carbocycles. The molecule has 0 unspecified atom stereocenters. The molecular formula is C13H13BrN2O2. The molecule has 0 radical (unpaired) electrons. The normalized spacial score (nSPS) is 10.3. The number of carbonyl (C=O) groups excluding carboxylic acids is 1. The molecule has 2 aromatic rings. The molecule has 0 atom stereocenters. The molecule has 0 aliphatic rings. The van der Waals surface area contributed by atoms with Gasteiger partial charge >= 0.3 is 0 Å². The van der Waals surface area contributed by atoms with E-state index in [1.165, 1.54) is 0 Å². The van der Waals surface area contributed by atoms with Crippen molar-refractivity contribution >= 4 is 27.5 Å². The van der Waals surface area contributed by atoms with Crippen molar-refractivity contribution in [1.29, 1.82) is 0 Å². The van der Waals surface area contributed by atoms with E-state index in [4.69, 9.17) is 10.2 Å². The van der Waals surface area contributed by atoms with E-state index in [0.717, 1.165) is 5.76 Å². The third-order valence-electron chi connectivity index (χ3n) is 2.58. The number of anilines is 1. The molecule has 5 heteroatoms. The van der Waals surface area contributed by atoms with Crippen molar-refractivity contribution in [2.45, 2.75) is 6.54 Å². The highest BCUT2D eigenvalue weighted by Crippen LogP contribution is 2.25. The minimum absolute atomic E-state index is 0.106. The number of halogens is 1. The summed E-state index contributed by atoms with van der Waals surface area (Å²) < 4.78 is 5.84. The third-order valence-corrected chi connectivity index (χ3v) is 3.46. The van der Waals surface area contributed by atoms with Crippen molar-refractivity contribution in [2.24, 2.45) is 0 Å². The van der Waals surface area contributed by atoms with Crippen molar-refractivity contribution < 1.29 is 9.21 Å². The number of rotatable bonds is 3. The van der Waals surface area contributed by atoms with Crippen LogP contribution in [0.25, 0.3) is 0 Å². The molecule has 0 aliphatic carbocycles. The monoisotopic (exact) mass is 308 g/mol.